The maximum Gasteiger partial charge on any atom is 0.408 e. The SMILES string of the molecule is COc1cc2nc(N3CCN(C(=O)C[C@@H](NC(=O)OC(C)(C)C)c4ccccc4)C[C@H]3c3cccc(OCCNC(=O)OCc4ccccc4)c3)nc(N)c2cc1OC. The van der Waals surface area contributed by atoms with E-state index in [1.807, 2.05) is 89.8 Å². The summed E-state index contributed by atoms with van der Waals surface area (Å²) in [4.78, 5) is 52.9. The van der Waals surface area contributed by atoms with Crippen molar-refractivity contribution in [3.63, 3.8) is 0 Å². The number of amides is 3. The normalized spacial score (nSPS) is 14.6. The van der Waals surface area contributed by atoms with Crippen LogP contribution in [0.15, 0.2) is 97.1 Å². The fourth-order valence-electron chi connectivity index (χ4n) is 6.73. The van der Waals surface area contributed by atoms with Crippen LogP contribution in [0.3, 0.4) is 0 Å². The number of nitrogen functional groups attached to an aromatic ring is 1. The van der Waals surface area contributed by atoms with Crippen molar-refractivity contribution in [2.24, 2.45) is 0 Å². The highest BCUT2D eigenvalue weighted by molar-refractivity contribution is 5.92. The molecule has 4 N–H and O–H groups in total. The number of ether oxygens (including phenoxy) is 5. The first-order valence-electron chi connectivity index (χ1n) is 19.4. The average Bonchev–Trinajstić information content (AvgIpc) is 3.23. The van der Waals surface area contributed by atoms with Gasteiger partial charge < -0.3 is 49.9 Å². The number of alkyl carbamates (subject to hydrolysis) is 2. The number of carbonyl (C=O) groups excluding carboxylic acids is 3. The minimum atomic E-state index is -0.715. The van der Waals surface area contributed by atoms with Gasteiger partial charge in [-0.15, -0.1) is 0 Å². The molecule has 0 bridgehead atoms. The molecule has 1 aliphatic heterocycles. The smallest absolute Gasteiger partial charge is 0.408 e. The monoisotopic (exact) mass is 805 g/mol. The molecule has 0 aliphatic carbocycles. The van der Waals surface area contributed by atoms with E-state index < -0.39 is 29.9 Å². The molecule has 0 unspecified atom stereocenters. The Kier molecular flexibility index (Phi) is 13.6. The molecular weight excluding hydrogens is 755 g/mol. The zero-order valence-corrected chi connectivity index (χ0v) is 34.0. The number of anilines is 2. The predicted octanol–water partition coefficient (Wildman–Crippen LogP) is 6.58. The molecule has 15 nitrogen and oxygen atoms in total. The summed E-state index contributed by atoms with van der Waals surface area (Å²) in [6.45, 7) is 6.90. The third kappa shape index (κ3) is 11.2. The molecule has 0 saturated carbocycles. The van der Waals surface area contributed by atoms with Crippen LogP contribution in [0.1, 0.15) is 56.0 Å². The molecule has 1 aromatic heterocycles. The van der Waals surface area contributed by atoms with Gasteiger partial charge in [-0.2, -0.15) is 4.98 Å². The second kappa shape index (κ2) is 19.1. The van der Waals surface area contributed by atoms with E-state index in [0.717, 1.165) is 16.7 Å². The van der Waals surface area contributed by atoms with Crippen molar-refractivity contribution in [2.75, 3.05) is 57.6 Å². The molecule has 1 fully saturated rings. The number of benzene rings is 4. The number of fused-ring (bicyclic) bond motifs is 1. The standard InChI is InChI=1S/C44H51N7O8/c1-44(2,3)59-43(54)48-34(30-15-10-7-11-16-30)26-39(52)50-20-21-51(41-47-35-25-38(56-5)37(55-4)24-33(35)40(45)49-41)36(27-50)31-17-12-18-32(23-31)57-22-19-46-42(53)58-28-29-13-8-6-9-14-29/h6-18,23-25,34,36H,19-22,26-28H2,1-5H3,(H,46,53)(H,48,54)(H2,45,47,49)/t34-,36+/m1/s1. The van der Waals surface area contributed by atoms with E-state index in [9.17, 15) is 14.4 Å². The third-order valence-corrected chi connectivity index (χ3v) is 9.58. The summed E-state index contributed by atoms with van der Waals surface area (Å²) < 4.78 is 27.9. The van der Waals surface area contributed by atoms with Gasteiger partial charge in [0.05, 0.1) is 44.8 Å². The molecule has 5 aromatic rings. The first-order chi connectivity index (χ1) is 28.4. The van der Waals surface area contributed by atoms with Gasteiger partial charge in [0.2, 0.25) is 11.9 Å². The Morgan fingerprint density at radius 3 is 2.29 bits per heavy atom. The second-order valence-corrected chi connectivity index (χ2v) is 14.9. The van der Waals surface area contributed by atoms with Crippen molar-refractivity contribution >= 4 is 40.8 Å². The maximum absolute atomic E-state index is 14.2. The number of carbonyl (C=O) groups is 3. The van der Waals surface area contributed by atoms with Crippen LogP contribution in [0.2, 0.25) is 0 Å². The highest BCUT2D eigenvalue weighted by Crippen LogP contribution is 2.37. The molecule has 6 rings (SSSR count). The van der Waals surface area contributed by atoms with Gasteiger partial charge in [-0.1, -0.05) is 72.8 Å². The van der Waals surface area contributed by atoms with E-state index >= 15 is 0 Å². The summed E-state index contributed by atoms with van der Waals surface area (Å²) in [7, 11) is 3.10. The van der Waals surface area contributed by atoms with Crippen LogP contribution in [0.5, 0.6) is 17.2 Å². The van der Waals surface area contributed by atoms with Crippen LogP contribution >= 0.6 is 0 Å². The minimum absolute atomic E-state index is 0.000953. The number of rotatable bonds is 14. The van der Waals surface area contributed by atoms with Gasteiger partial charge in [0.25, 0.3) is 0 Å². The number of nitrogens with one attached hydrogen (secondary N) is 2. The summed E-state index contributed by atoms with van der Waals surface area (Å²) in [6.07, 6.45) is -1.16. The lowest BCUT2D eigenvalue weighted by Gasteiger charge is -2.42. The summed E-state index contributed by atoms with van der Waals surface area (Å²) in [5, 5.41) is 6.23. The van der Waals surface area contributed by atoms with Crippen LogP contribution in [0.4, 0.5) is 21.4 Å². The molecule has 3 amide bonds. The van der Waals surface area contributed by atoms with Crippen molar-refractivity contribution in [3.8, 4) is 17.2 Å². The number of methoxy groups -OCH3 is 2. The lowest BCUT2D eigenvalue weighted by Crippen LogP contribution is -2.51. The van der Waals surface area contributed by atoms with Crippen LogP contribution in [0, 0.1) is 0 Å². The van der Waals surface area contributed by atoms with Crippen molar-refractivity contribution in [1.82, 2.24) is 25.5 Å². The van der Waals surface area contributed by atoms with Crippen LogP contribution in [-0.4, -0.2) is 85.6 Å². The molecule has 310 valence electrons. The topological polar surface area (TPSA) is 180 Å². The number of aromatic nitrogens is 2. The molecule has 2 atom stereocenters. The highest BCUT2D eigenvalue weighted by atomic mass is 16.6. The summed E-state index contributed by atoms with van der Waals surface area (Å²) in [5.74, 6) is 2.03. The molecular formula is C44H51N7O8. The Bertz CT molecular complexity index is 2220. The van der Waals surface area contributed by atoms with Gasteiger partial charge in [0.1, 0.15) is 30.4 Å². The molecule has 59 heavy (non-hydrogen) atoms. The second-order valence-electron chi connectivity index (χ2n) is 14.9. The summed E-state index contributed by atoms with van der Waals surface area (Å²) >= 11 is 0. The summed E-state index contributed by atoms with van der Waals surface area (Å²) in [5.41, 5.74) is 8.89. The van der Waals surface area contributed by atoms with E-state index in [0.29, 0.717) is 47.2 Å². The zero-order valence-electron chi connectivity index (χ0n) is 34.0. The Balaban J connectivity index is 1.23. The fraction of sp³-hybridized carbons (Fsp3) is 0.341. The molecule has 15 heteroatoms. The minimum Gasteiger partial charge on any atom is -0.493 e. The lowest BCUT2D eigenvalue weighted by molar-refractivity contribution is -0.132. The van der Waals surface area contributed by atoms with Crippen molar-refractivity contribution in [2.45, 2.75) is 51.5 Å². The van der Waals surface area contributed by atoms with Crippen molar-refractivity contribution in [3.05, 3.63) is 114 Å². The van der Waals surface area contributed by atoms with E-state index in [1.54, 1.807) is 52.0 Å². The number of nitrogens with zero attached hydrogens (tertiary/aromatic N) is 4. The van der Waals surface area contributed by atoms with E-state index in [2.05, 4.69) is 10.6 Å². The third-order valence-electron chi connectivity index (χ3n) is 9.58. The van der Waals surface area contributed by atoms with Crippen molar-refractivity contribution in [1.29, 1.82) is 0 Å². The molecule has 4 aromatic carbocycles. The Labute approximate surface area is 343 Å². The van der Waals surface area contributed by atoms with Gasteiger partial charge >= 0.3 is 12.2 Å². The Morgan fingerprint density at radius 2 is 1.58 bits per heavy atom. The van der Waals surface area contributed by atoms with Gasteiger partial charge in [-0.05, 0) is 55.7 Å². The van der Waals surface area contributed by atoms with E-state index in [-0.39, 0.29) is 44.4 Å². The van der Waals surface area contributed by atoms with E-state index in [1.165, 1.54) is 0 Å². The zero-order chi connectivity index (χ0) is 41.9. The number of piperazine rings is 1. The first kappa shape index (κ1) is 41.9. The molecule has 1 saturated heterocycles. The van der Waals surface area contributed by atoms with Gasteiger partial charge in [-0.25, -0.2) is 14.6 Å². The van der Waals surface area contributed by atoms with Gasteiger partial charge in [-0.3, -0.25) is 4.79 Å². The predicted molar refractivity (Wildman–Crippen MR) is 223 cm³/mol. The Hall–Kier alpha value is -6.77. The average molecular weight is 806 g/mol. The fourth-order valence-corrected chi connectivity index (χ4v) is 6.73. The van der Waals surface area contributed by atoms with Gasteiger partial charge in [0.15, 0.2) is 11.5 Å². The largest absolute Gasteiger partial charge is 0.493 e. The molecule has 0 spiro atoms. The van der Waals surface area contributed by atoms with Crippen LogP contribution in [-0.2, 0) is 20.9 Å². The van der Waals surface area contributed by atoms with Crippen molar-refractivity contribution < 1.29 is 38.1 Å². The molecule has 2 heterocycles. The Morgan fingerprint density at radius 1 is 0.864 bits per heavy atom. The number of hydrogen-bond acceptors (Lipinski definition) is 12. The lowest BCUT2D eigenvalue weighted by atomic mass is 10.00. The van der Waals surface area contributed by atoms with Crippen LogP contribution < -0.4 is 35.5 Å². The quantitative estimate of drug-likeness (QED) is 0.103. The summed E-state index contributed by atoms with van der Waals surface area (Å²) in [6, 6.07) is 28.7. The maximum atomic E-state index is 14.2. The number of nitrogens with two attached hydrogens (primary N) is 1. The highest BCUT2D eigenvalue weighted by Gasteiger charge is 2.34. The molecule has 0 radical (unpaired) electrons. The molecule has 1 aliphatic rings. The first-order valence-corrected chi connectivity index (χ1v) is 19.4. The van der Waals surface area contributed by atoms with Crippen LogP contribution in [0.25, 0.3) is 10.9 Å². The van der Waals surface area contributed by atoms with E-state index in [4.69, 9.17) is 39.4 Å². The number of hydrogen-bond donors (Lipinski definition) is 3. The van der Waals surface area contributed by atoms with Gasteiger partial charge in [0, 0.05) is 31.1 Å².